The van der Waals surface area contributed by atoms with E-state index in [1.165, 1.54) is 6.07 Å². The van der Waals surface area contributed by atoms with Gasteiger partial charge in [-0.25, -0.2) is 22.9 Å². The lowest BCUT2D eigenvalue weighted by Crippen LogP contribution is -2.36. The molecule has 0 saturated heterocycles. The molecule has 0 atom stereocenters. The van der Waals surface area contributed by atoms with Gasteiger partial charge in [0, 0.05) is 5.02 Å². The van der Waals surface area contributed by atoms with Crippen LogP contribution in [0.25, 0.3) is 16.8 Å². The maximum absolute atomic E-state index is 13.3. The highest BCUT2D eigenvalue weighted by atomic mass is 35.5. The second kappa shape index (κ2) is 6.99. The Balaban J connectivity index is 2.09. The Labute approximate surface area is 176 Å². The number of benzene rings is 2. The number of fused-ring (bicyclic) bond motifs is 1. The highest BCUT2D eigenvalue weighted by Crippen LogP contribution is 2.35. The summed E-state index contributed by atoms with van der Waals surface area (Å²) in [5, 5.41) is 3.68. The summed E-state index contributed by atoms with van der Waals surface area (Å²) in [5.41, 5.74) is -2.03. The monoisotopic (exact) mass is 472 g/mol. The Morgan fingerprint density at radius 2 is 1.79 bits per heavy atom. The summed E-state index contributed by atoms with van der Waals surface area (Å²) in [7, 11) is -4.52. The molecule has 4 aromatic rings. The first-order chi connectivity index (χ1) is 13.7. The summed E-state index contributed by atoms with van der Waals surface area (Å²) in [4.78, 5) is 28.0. The van der Waals surface area contributed by atoms with Crippen LogP contribution in [0.1, 0.15) is 0 Å². The van der Waals surface area contributed by atoms with Crippen molar-refractivity contribution in [3.05, 3.63) is 72.4 Å². The van der Waals surface area contributed by atoms with Gasteiger partial charge < -0.3 is 4.42 Å². The molecular weight excluding hydrogens is 467 g/mol. The van der Waals surface area contributed by atoms with Gasteiger partial charge in [0.1, 0.15) is 10.4 Å². The third-order valence-electron chi connectivity index (χ3n) is 3.83. The molecule has 0 aliphatic heterocycles. The molecule has 148 valence electrons. The first-order valence-electron chi connectivity index (χ1n) is 7.67. The Morgan fingerprint density at radius 3 is 2.52 bits per heavy atom. The van der Waals surface area contributed by atoms with Gasteiger partial charge in [-0.05, 0) is 24.3 Å². The lowest BCUT2D eigenvalue weighted by atomic mass is 10.3. The number of aromatic amines is 1. The van der Waals surface area contributed by atoms with Crippen LogP contribution < -0.4 is 11.2 Å². The first-order valence-corrected chi connectivity index (χ1v) is 10.3. The third kappa shape index (κ3) is 3.23. The molecule has 29 heavy (non-hydrogen) atoms. The molecule has 0 aliphatic carbocycles. The second-order valence-corrected chi connectivity index (χ2v) is 8.61. The van der Waals surface area contributed by atoms with Crippen molar-refractivity contribution in [2.24, 2.45) is 0 Å². The number of hydrogen-bond acceptors (Lipinski definition) is 7. The van der Waals surface area contributed by atoms with Gasteiger partial charge in [-0.1, -0.05) is 46.9 Å². The van der Waals surface area contributed by atoms with Crippen LogP contribution >= 0.6 is 34.8 Å². The predicted molar refractivity (Wildman–Crippen MR) is 105 cm³/mol. The van der Waals surface area contributed by atoms with Crippen LogP contribution in [0.3, 0.4) is 0 Å². The van der Waals surface area contributed by atoms with Crippen molar-refractivity contribution in [3.8, 4) is 5.69 Å². The lowest BCUT2D eigenvalue weighted by Gasteiger charge is -2.12. The van der Waals surface area contributed by atoms with Crippen LogP contribution in [-0.4, -0.2) is 28.2 Å². The summed E-state index contributed by atoms with van der Waals surface area (Å²) in [6.07, 6.45) is 0. The maximum atomic E-state index is 13.3. The highest BCUT2D eigenvalue weighted by molar-refractivity contribution is 7.91. The summed E-state index contributed by atoms with van der Waals surface area (Å²) in [6, 6.07) is 8.60. The zero-order valence-electron chi connectivity index (χ0n) is 13.9. The topological polar surface area (TPSA) is 128 Å². The summed E-state index contributed by atoms with van der Waals surface area (Å²) >= 11 is 17.8. The number of nitrogens with one attached hydrogen (secondary N) is 1. The zero-order valence-corrected chi connectivity index (χ0v) is 17.0. The number of sulfone groups is 1. The molecule has 0 spiro atoms. The number of H-pyrrole nitrogens is 1. The minimum Gasteiger partial charge on any atom is -0.428 e. The smallest absolute Gasteiger partial charge is 0.349 e. The maximum Gasteiger partial charge on any atom is 0.349 e. The van der Waals surface area contributed by atoms with Crippen LogP contribution in [0, 0.1) is 0 Å². The number of para-hydroxylation sites is 2. The van der Waals surface area contributed by atoms with Crippen molar-refractivity contribution in [1.29, 1.82) is 0 Å². The summed E-state index contributed by atoms with van der Waals surface area (Å²) < 4.78 is 32.4. The van der Waals surface area contributed by atoms with E-state index in [-0.39, 0.29) is 15.6 Å². The number of aromatic nitrogens is 4. The standard InChI is InChI=1S/C16H7Cl3N4O5S/c17-7-5-8(18)12(10(6-7)23-14(24)13(19)21-22-15(23)25)29(26,27)16-20-9-3-1-2-4-11(9)28-16/h1-6H,(H,22,25). The van der Waals surface area contributed by atoms with Gasteiger partial charge in [-0.2, -0.15) is 10.1 Å². The molecule has 0 amide bonds. The van der Waals surface area contributed by atoms with E-state index in [1.54, 1.807) is 18.2 Å². The molecular formula is C16H7Cl3N4O5S. The molecule has 0 fully saturated rings. The van der Waals surface area contributed by atoms with E-state index in [4.69, 9.17) is 39.2 Å². The lowest BCUT2D eigenvalue weighted by molar-refractivity contribution is 0.458. The van der Waals surface area contributed by atoms with Crippen molar-refractivity contribution in [2.45, 2.75) is 10.1 Å². The molecule has 0 radical (unpaired) electrons. The highest BCUT2D eigenvalue weighted by Gasteiger charge is 2.32. The summed E-state index contributed by atoms with van der Waals surface area (Å²) in [6.45, 7) is 0. The quantitative estimate of drug-likeness (QED) is 0.484. The third-order valence-corrected chi connectivity index (χ3v) is 6.31. The molecule has 0 aliphatic rings. The molecule has 0 bridgehead atoms. The Kier molecular flexibility index (Phi) is 4.74. The summed E-state index contributed by atoms with van der Waals surface area (Å²) in [5.74, 6) is 0. The van der Waals surface area contributed by atoms with Crippen molar-refractivity contribution in [3.63, 3.8) is 0 Å². The van der Waals surface area contributed by atoms with Crippen LogP contribution in [-0.2, 0) is 9.84 Å². The van der Waals surface area contributed by atoms with E-state index in [0.717, 1.165) is 12.1 Å². The fraction of sp³-hybridized carbons (Fsp3) is 0. The van der Waals surface area contributed by atoms with Crippen LogP contribution in [0.4, 0.5) is 0 Å². The van der Waals surface area contributed by atoms with Gasteiger partial charge >= 0.3 is 10.9 Å². The second-order valence-electron chi connectivity index (χ2n) is 5.65. The van der Waals surface area contributed by atoms with Gasteiger partial charge in [0.2, 0.25) is 5.15 Å². The number of nitrogens with zero attached hydrogens (tertiary/aromatic N) is 3. The predicted octanol–water partition coefficient (Wildman–Crippen LogP) is 2.86. The van der Waals surface area contributed by atoms with Gasteiger partial charge in [0.15, 0.2) is 5.58 Å². The molecule has 2 heterocycles. The van der Waals surface area contributed by atoms with E-state index in [0.29, 0.717) is 10.1 Å². The van der Waals surface area contributed by atoms with Crippen molar-refractivity contribution < 1.29 is 12.8 Å². The van der Waals surface area contributed by atoms with E-state index < -0.39 is 42.0 Å². The minimum atomic E-state index is -4.52. The Bertz CT molecular complexity index is 1470. The fourth-order valence-corrected chi connectivity index (χ4v) is 4.88. The number of hydrogen-bond donors (Lipinski definition) is 1. The minimum absolute atomic E-state index is 0.0271. The molecule has 13 heteroatoms. The largest absolute Gasteiger partial charge is 0.428 e. The van der Waals surface area contributed by atoms with Crippen molar-refractivity contribution in [2.75, 3.05) is 0 Å². The van der Waals surface area contributed by atoms with Gasteiger partial charge in [-0.3, -0.25) is 4.79 Å². The zero-order chi connectivity index (χ0) is 20.9. The number of oxazole rings is 1. The molecule has 2 aromatic carbocycles. The van der Waals surface area contributed by atoms with Crippen LogP contribution in [0.15, 0.2) is 60.5 Å². The normalized spacial score (nSPS) is 11.8. The van der Waals surface area contributed by atoms with Gasteiger partial charge in [0.05, 0.1) is 10.7 Å². The van der Waals surface area contributed by atoms with E-state index >= 15 is 0 Å². The van der Waals surface area contributed by atoms with E-state index in [9.17, 15) is 18.0 Å². The molecule has 4 rings (SSSR count). The first kappa shape index (κ1) is 19.6. The molecule has 1 N–H and O–H groups in total. The Hall–Kier alpha value is -2.66. The Morgan fingerprint density at radius 1 is 1.07 bits per heavy atom. The van der Waals surface area contributed by atoms with Gasteiger partial charge in [-0.15, -0.1) is 0 Å². The van der Waals surface area contributed by atoms with E-state index in [2.05, 4.69) is 10.1 Å². The van der Waals surface area contributed by atoms with Crippen molar-refractivity contribution >= 4 is 55.7 Å². The molecule has 9 nitrogen and oxygen atoms in total. The number of rotatable bonds is 3. The molecule has 2 aromatic heterocycles. The van der Waals surface area contributed by atoms with Crippen molar-refractivity contribution in [1.82, 2.24) is 19.7 Å². The average molecular weight is 474 g/mol. The fourth-order valence-electron chi connectivity index (χ4n) is 2.63. The number of halogens is 3. The van der Waals surface area contributed by atoms with Gasteiger partial charge in [0.25, 0.3) is 15.4 Å². The van der Waals surface area contributed by atoms with Crippen LogP contribution in [0.2, 0.25) is 15.2 Å². The van der Waals surface area contributed by atoms with Crippen LogP contribution in [0.5, 0.6) is 0 Å². The molecule has 0 saturated carbocycles. The SMILES string of the molecule is O=c1[nH]nc(Cl)c(=O)n1-c1cc(Cl)cc(Cl)c1S(=O)(=O)c1nc2ccccc2o1. The molecule has 0 unspecified atom stereocenters. The average Bonchev–Trinajstić information content (AvgIpc) is 3.09. The van der Waals surface area contributed by atoms with E-state index in [1.807, 2.05) is 5.10 Å².